The molecule has 2 N–H and O–H groups in total. The maximum atomic E-state index is 6.84. The maximum absolute atomic E-state index is 6.84. The first-order valence-electron chi connectivity index (χ1n) is 8.02. The lowest BCUT2D eigenvalue weighted by molar-refractivity contribution is 0.355. The fourth-order valence-corrected chi connectivity index (χ4v) is 3.95. The standard InChI is InChI=1S/C20H25N/c1-15-10-11-16(2)18(14-15)19(21)20(12-6-7-13-20)17-8-4-3-5-9-17/h3-5,8-11,14,19H,6-7,12-13,21H2,1-2H3. The van der Waals surface area contributed by atoms with Crippen LogP contribution in [0.1, 0.15) is 54.0 Å². The molecule has 1 aliphatic rings. The monoisotopic (exact) mass is 279 g/mol. The maximum Gasteiger partial charge on any atom is 0.0395 e. The van der Waals surface area contributed by atoms with Crippen molar-refractivity contribution in [1.29, 1.82) is 0 Å². The molecule has 0 bridgehead atoms. The molecule has 0 radical (unpaired) electrons. The van der Waals surface area contributed by atoms with E-state index in [1.807, 2.05) is 0 Å². The number of hydrogen-bond acceptors (Lipinski definition) is 1. The number of benzene rings is 2. The van der Waals surface area contributed by atoms with Gasteiger partial charge < -0.3 is 5.73 Å². The van der Waals surface area contributed by atoms with E-state index >= 15 is 0 Å². The second kappa shape index (κ2) is 5.65. The Morgan fingerprint density at radius 1 is 0.952 bits per heavy atom. The summed E-state index contributed by atoms with van der Waals surface area (Å²) in [6, 6.07) is 17.7. The molecular formula is C20H25N. The highest BCUT2D eigenvalue weighted by Crippen LogP contribution is 2.49. The lowest BCUT2D eigenvalue weighted by atomic mass is 9.70. The second-order valence-electron chi connectivity index (χ2n) is 6.57. The molecule has 1 nitrogen and oxygen atoms in total. The molecule has 2 aromatic rings. The summed E-state index contributed by atoms with van der Waals surface area (Å²) in [5.74, 6) is 0. The number of hydrogen-bond donors (Lipinski definition) is 1. The van der Waals surface area contributed by atoms with E-state index in [1.165, 1.54) is 47.9 Å². The summed E-state index contributed by atoms with van der Waals surface area (Å²) in [4.78, 5) is 0. The summed E-state index contributed by atoms with van der Waals surface area (Å²) in [6.07, 6.45) is 4.97. The molecule has 21 heavy (non-hydrogen) atoms. The van der Waals surface area contributed by atoms with Crippen molar-refractivity contribution in [3.63, 3.8) is 0 Å². The third-order valence-electron chi connectivity index (χ3n) is 5.21. The minimum Gasteiger partial charge on any atom is -0.323 e. The van der Waals surface area contributed by atoms with E-state index in [9.17, 15) is 0 Å². The molecule has 2 aromatic carbocycles. The number of rotatable bonds is 3. The minimum absolute atomic E-state index is 0.0855. The average molecular weight is 279 g/mol. The molecule has 1 unspecified atom stereocenters. The molecule has 0 aromatic heterocycles. The number of aryl methyl sites for hydroxylation is 2. The van der Waals surface area contributed by atoms with Crippen LogP contribution in [0.5, 0.6) is 0 Å². The summed E-state index contributed by atoms with van der Waals surface area (Å²) in [5, 5.41) is 0. The minimum atomic E-state index is 0.0855. The van der Waals surface area contributed by atoms with Gasteiger partial charge in [-0.05, 0) is 43.4 Å². The first kappa shape index (κ1) is 14.3. The molecule has 0 amide bonds. The van der Waals surface area contributed by atoms with Gasteiger partial charge in [0.2, 0.25) is 0 Å². The average Bonchev–Trinajstić information content (AvgIpc) is 3.01. The lowest BCUT2D eigenvalue weighted by Crippen LogP contribution is -2.36. The zero-order valence-corrected chi connectivity index (χ0v) is 13.1. The summed E-state index contributed by atoms with van der Waals surface area (Å²) < 4.78 is 0. The molecule has 0 spiro atoms. The van der Waals surface area contributed by atoms with Crippen LogP contribution in [0.4, 0.5) is 0 Å². The summed E-state index contributed by atoms with van der Waals surface area (Å²) in [5.41, 5.74) is 12.3. The zero-order valence-electron chi connectivity index (χ0n) is 13.1. The fourth-order valence-electron chi connectivity index (χ4n) is 3.95. The van der Waals surface area contributed by atoms with Gasteiger partial charge in [0.05, 0.1) is 0 Å². The van der Waals surface area contributed by atoms with Crippen LogP contribution < -0.4 is 5.73 Å². The number of nitrogens with two attached hydrogens (primary N) is 1. The van der Waals surface area contributed by atoms with Crippen LogP contribution in [0.25, 0.3) is 0 Å². The highest BCUT2D eigenvalue weighted by molar-refractivity contribution is 5.39. The Morgan fingerprint density at radius 3 is 2.29 bits per heavy atom. The van der Waals surface area contributed by atoms with Crippen molar-refractivity contribution in [1.82, 2.24) is 0 Å². The van der Waals surface area contributed by atoms with E-state index < -0.39 is 0 Å². The van der Waals surface area contributed by atoms with Crippen molar-refractivity contribution in [3.8, 4) is 0 Å². The van der Waals surface area contributed by atoms with Gasteiger partial charge in [0.25, 0.3) is 0 Å². The van der Waals surface area contributed by atoms with Crippen LogP contribution in [0.3, 0.4) is 0 Å². The molecule has 1 heteroatoms. The van der Waals surface area contributed by atoms with E-state index in [1.54, 1.807) is 0 Å². The van der Waals surface area contributed by atoms with Crippen molar-refractivity contribution in [2.75, 3.05) is 0 Å². The molecule has 1 fully saturated rings. The predicted molar refractivity (Wildman–Crippen MR) is 89.4 cm³/mol. The molecule has 3 rings (SSSR count). The molecule has 110 valence electrons. The van der Waals surface area contributed by atoms with Crippen LogP contribution >= 0.6 is 0 Å². The van der Waals surface area contributed by atoms with E-state index in [-0.39, 0.29) is 11.5 Å². The van der Waals surface area contributed by atoms with Gasteiger partial charge in [-0.1, -0.05) is 66.9 Å². The third kappa shape index (κ3) is 2.51. The Morgan fingerprint density at radius 2 is 1.62 bits per heavy atom. The normalized spacial score (nSPS) is 18.6. The van der Waals surface area contributed by atoms with E-state index in [0.717, 1.165) is 0 Å². The molecular weight excluding hydrogens is 254 g/mol. The predicted octanol–water partition coefficient (Wildman–Crippen LogP) is 4.82. The Hall–Kier alpha value is -1.60. The smallest absolute Gasteiger partial charge is 0.0395 e. The Kier molecular flexibility index (Phi) is 3.86. The highest BCUT2D eigenvalue weighted by atomic mass is 14.7. The third-order valence-corrected chi connectivity index (χ3v) is 5.21. The zero-order chi connectivity index (χ0) is 14.9. The summed E-state index contributed by atoms with van der Waals surface area (Å²) in [7, 11) is 0. The van der Waals surface area contributed by atoms with Gasteiger partial charge >= 0.3 is 0 Å². The molecule has 0 aliphatic heterocycles. The highest BCUT2D eigenvalue weighted by Gasteiger charge is 2.42. The first-order valence-corrected chi connectivity index (χ1v) is 8.02. The lowest BCUT2D eigenvalue weighted by Gasteiger charge is -2.37. The Balaban J connectivity index is 2.07. The first-order chi connectivity index (χ1) is 10.1. The van der Waals surface area contributed by atoms with Gasteiger partial charge in [-0.3, -0.25) is 0 Å². The fraction of sp³-hybridized carbons (Fsp3) is 0.400. The van der Waals surface area contributed by atoms with Gasteiger partial charge in [0.15, 0.2) is 0 Å². The van der Waals surface area contributed by atoms with E-state index in [2.05, 4.69) is 62.4 Å². The van der Waals surface area contributed by atoms with Crippen molar-refractivity contribution < 1.29 is 0 Å². The Labute approximate surface area is 128 Å². The van der Waals surface area contributed by atoms with Crippen LogP contribution in [0, 0.1) is 13.8 Å². The van der Waals surface area contributed by atoms with Crippen molar-refractivity contribution >= 4 is 0 Å². The van der Waals surface area contributed by atoms with Crippen molar-refractivity contribution in [2.24, 2.45) is 5.73 Å². The van der Waals surface area contributed by atoms with E-state index in [0.29, 0.717) is 0 Å². The van der Waals surface area contributed by atoms with Gasteiger partial charge in [0.1, 0.15) is 0 Å². The van der Waals surface area contributed by atoms with Crippen LogP contribution in [0.2, 0.25) is 0 Å². The van der Waals surface area contributed by atoms with E-state index in [4.69, 9.17) is 5.73 Å². The van der Waals surface area contributed by atoms with Crippen LogP contribution in [-0.2, 0) is 5.41 Å². The molecule has 1 aliphatic carbocycles. The SMILES string of the molecule is Cc1ccc(C)c(C(N)C2(c3ccccc3)CCCC2)c1. The van der Waals surface area contributed by atoms with Gasteiger partial charge in [0, 0.05) is 11.5 Å². The van der Waals surface area contributed by atoms with Crippen molar-refractivity contribution in [3.05, 3.63) is 70.8 Å². The topological polar surface area (TPSA) is 26.0 Å². The molecule has 0 saturated heterocycles. The molecule has 1 atom stereocenters. The van der Waals surface area contributed by atoms with Crippen LogP contribution in [0.15, 0.2) is 48.5 Å². The second-order valence-corrected chi connectivity index (χ2v) is 6.57. The summed E-state index contributed by atoms with van der Waals surface area (Å²) >= 11 is 0. The summed E-state index contributed by atoms with van der Waals surface area (Å²) in [6.45, 7) is 4.34. The quantitative estimate of drug-likeness (QED) is 0.857. The van der Waals surface area contributed by atoms with Crippen LogP contribution in [-0.4, -0.2) is 0 Å². The Bertz CT molecular complexity index is 609. The van der Waals surface area contributed by atoms with Crippen molar-refractivity contribution in [2.45, 2.75) is 51.0 Å². The largest absolute Gasteiger partial charge is 0.323 e. The van der Waals surface area contributed by atoms with Gasteiger partial charge in [-0.2, -0.15) is 0 Å². The van der Waals surface area contributed by atoms with Gasteiger partial charge in [-0.15, -0.1) is 0 Å². The molecule has 0 heterocycles. The van der Waals surface area contributed by atoms with Gasteiger partial charge in [-0.25, -0.2) is 0 Å². The molecule has 1 saturated carbocycles.